The van der Waals surface area contributed by atoms with Gasteiger partial charge in [-0.1, -0.05) is 42.5 Å². The van der Waals surface area contributed by atoms with Crippen LogP contribution in [0, 0.1) is 0 Å². The Balaban J connectivity index is 2.81. The van der Waals surface area contributed by atoms with E-state index in [9.17, 15) is 0 Å². The lowest BCUT2D eigenvalue weighted by Gasteiger charge is -2.23. The van der Waals surface area contributed by atoms with Crippen LogP contribution >= 0.6 is 0 Å². The zero-order valence-corrected chi connectivity index (χ0v) is 12.1. The fourth-order valence-electron chi connectivity index (χ4n) is 2.25. The molecule has 0 aromatic carbocycles. The maximum atomic E-state index is 3.78. The van der Waals surface area contributed by atoms with Crippen molar-refractivity contribution in [2.75, 3.05) is 0 Å². The minimum Gasteiger partial charge on any atom is -0.382 e. The Labute approximate surface area is 112 Å². The van der Waals surface area contributed by atoms with Crippen LogP contribution in [0.2, 0.25) is 0 Å². The Bertz CT molecular complexity index is 419. The van der Waals surface area contributed by atoms with Crippen LogP contribution in [-0.2, 0) is 0 Å². The van der Waals surface area contributed by atoms with Crippen LogP contribution in [0.15, 0.2) is 59.4 Å². The molecule has 1 aliphatic carbocycles. The lowest BCUT2D eigenvalue weighted by atomic mass is 9.97. The second-order valence-electron chi connectivity index (χ2n) is 4.92. The molecule has 1 nitrogen and oxygen atoms in total. The number of allylic oxidation sites excluding steroid dienone is 7. The van der Waals surface area contributed by atoms with Crippen molar-refractivity contribution in [2.24, 2.45) is 0 Å². The SMILES string of the molecule is C=C/C=C(\C=C/C)C(C)NC1=C(C)C=C(C)CC1. The van der Waals surface area contributed by atoms with E-state index in [2.05, 4.69) is 57.0 Å². The molecule has 1 heteroatoms. The fourth-order valence-corrected chi connectivity index (χ4v) is 2.25. The van der Waals surface area contributed by atoms with Crippen molar-refractivity contribution in [3.8, 4) is 0 Å². The molecular formula is C17H25N. The molecule has 0 radical (unpaired) electrons. The lowest BCUT2D eigenvalue weighted by molar-refractivity contribution is 0.656. The van der Waals surface area contributed by atoms with E-state index in [1.165, 1.54) is 22.4 Å². The highest BCUT2D eigenvalue weighted by Gasteiger charge is 2.12. The third-order valence-electron chi connectivity index (χ3n) is 3.27. The van der Waals surface area contributed by atoms with Gasteiger partial charge in [0.2, 0.25) is 0 Å². The summed E-state index contributed by atoms with van der Waals surface area (Å²) < 4.78 is 0. The number of nitrogens with one attached hydrogen (secondary N) is 1. The molecule has 0 saturated carbocycles. The summed E-state index contributed by atoms with van der Waals surface area (Å²) >= 11 is 0. The molecular weight excluding hydrogens is 218 g/mol. The summed E-state index contributed by atoms with van der Waals surface area (Å²) in [5.41, 5.74) is 5.47. The summed E-state index contributed by atoms with van der Waals surface area (Å²) in [6.45, 7) is 12.4. The van der Waals surface area contributed by atoms with Crippen LogP contribution in [0.25, 0.3) is 0 Å². The van der Waals surface area contributed by atoms with E-state index in [1.54, 1.807) is 0 Å². The molecule has 0 bridgehead atoms. The fraction of sp³-hybridized carbons (Fsp3) is 0.412. The normalized spacial score (nSPS) is 18.9. The zero-order chi connectivity index (χ0) is 13.5. The van der Waals surface area contributed by atoms with Crippen molar-refractivity contribution < 1.29 is 0 Å². The van der Waals surface area contributed by atoms with E-state index in [0.29, 0.717) is 6.04 Å². The molecule has 0 saturated heterocycles. The van der Waals surface area contributed by atoms with Gasteiger partial charge in [0.1, 0.15) is 0 Å². The van der Waals surface area contributed by atoms with Gasteiger partial charge in [-0.05, 0) is 51.7 Å². The molecule has 0 aromatic heterocycles. The molecule has 98 valence electrons. The van der Waals surface area contributed by atoms with Crippen molar-refractivity contribution >= 4 is 0 Å². The van der Waals surface area contributed by atoms with Crippen LogP contribution in [0.3, 0.4) is 0 Å². The number of rotatable bonds is 5. The molecule has 1 aliphatic rings. The van der Waals surface area contributed by atoms with Gasteiger partial charge in [0.25, 0.3) is 0 Å². The first-order valence-electron chi connectivity index (χ1n) is 6.67. The summed E-state index contributed by atoms with van der Waals surface area (Å²) in [5, 5.41) is 3.63. The molecule has 1 atom stereocenters. The van der Waals surface area contributed by atoms with Gasteiger partial charge in [0, 0.05) is 11.7 Å². The van der Waals surface area contributed by atoms with Crippen molar-refractivity contribution in [1.82, 2.24) is 5.32 Å². The molecule has 1 N–H and O–H groups in total. The lowest BCUT2D eigenvalue weighted by Crippen LogP contribution is -2.28. The van der Waals surface area contributed by atoms with Crippen molar-refractivity contribution in [3.63, 3.8) is 0 Å². The first kappa shape index (κ1) is 14.6. The second kappa shape index (κ2) is 7.05. The Hall–Kier alpha value is -1.50. The molecule has 0 fully saturated rings. The average Bonchev–Trinajstić information content (AvgIpc) is 2.32. The molecule has 0 amide bonds. The third-order valence-corrected chi connectivity index (χ3v) is 3.27. The van der Waals surface area contributed by atoms with E-state index in [-0.39, 0.29) is 0 Å². The second-order valence-corrected chi connectivity index (χ2v) is 4.92. The summed E-state index contributed by atoms with van der Waals surface area (Å²) in [6.07, 6.45) is 12.7. The van der Waals surface area contributed by atoms with E-state index >= 15 is 0 Å². The Morgan fingerprint density at radius 2 is 2.11 bits per heavy atom. The van der Waals surface area contributed by atoms with Gasteiger partial charge in [-0.2, -0.15) is 0 Å². The predicted molar refractivity (Wildman–Crippen MR) is 81.4 cm³/mol. The molecule has 18 heavy (non-hydrogen) atoms. The zero-order valence-electron chi connectivity index (χ0n) is 12.1. The molecule has 1 unspecified atom stereocenters. The molecule has 1 rings (SSSR count). The largest absolute Gasteiger partial charge is 0.382 e. The average molecular weight is 243 g/mol. The summed E-state index contributed by atoms with van der Waals surface area (Å²) in [6, 6.07) is 0.316. The topological polar surface area (TPSA) is 12.0 Å². The first-order valence-corrected chi connectivity index (χ1v) is 6.67. The maximum absolute atomic E-state index is 3.78. The van der Waals surface area contributed by atoms with Crippen LogP contribution in [-0.4, -0.2) is 6.04 Å². The highest BCUT2D eigenvalue weighted by molar-refractivity contribution is 5.34. The quantitative estimate of drug-likeness (QED) is 0.692. The van der Waals surface area contributed by atoms with E-state index in [1.807, 2.05) is 13.0 Å². The molecule has 0 aromatic rings. The smallest absolute Gasteiger partial charge is 0.0482 e. The van der Waals surface area contributed by atoms with Gasteiger partial charge in [-0.3, -0.25) is 0 Å². The van der Waals surface area contributed by atoms with Crippen molar-refractivity contribution in [1.29, 1.82) is 0 Å². The molecule has 0 heterocycles. The Kier molecular flexibility index (Phi) is 5.70. The Morgan fingerprint density at radius 1 is 1.39 bits per heavy atom. The minimum atomic E-state index is 0.316. The van der Waals surface area contributed by atoms with Gasteiger partial charge in [0.15, 0.2) is 0 Å². The van der Waals surface area contributed by atoms with Gasteiger partial charge < -0.3 is 5.32 Å². The van der Waals surface area contributed by atoms with E-state index in [0.717, 1.165) is 12.8 Å². The van der Waals surface area contributed by atoms with Crippen molar-refractivity contribution in [2.45, 2.75) is 46.6 Å². The van der Waals surface area contributed by atoms with Gasteiger partial charge >= 0.3 is 0 Å². The maximum Gasteiger partial charge on any atom is 0.0482 e. The highest BCUT2D eigenvalue weighted by Crippen LogP contribution is 2.22. The predicted octanol–water partition coefficient (Wildman–Crippen LogP) is 4.67. The molecule has 0 spiro atoms. The summed E-state index contributed by atoms with van der Waals surface area (Å²) in [5.74, 6) is 0. The van der Waals surface area contributed by atoms with Crippen LogP contribution in [0.4, 0.5) is 0 Å². The number of hydrogen-bond donors (Lipinski definition) is 1. The summed E-state index contributed by atoms with van der Waals surface area (Å²) in [7, 11) is 0. The highest BCUT2D eigenvalue weighted by atomic mass is 14.9. The summed E-state index contributed by atoms with van der Waals surface area (Å²) in [4.78, 5) is 0. The molecule has 0 aliphatic heterocycles. The standard InChI is InChI=1S/C17H25N/c1-6-8-16(9-7-2)15(5)18-17-11-10-13(3)12-14(17)4/h6-9,12,15,18H,1,10-11H2,2-5H3/b9-7-,16-8+. The monoisotopic (exact) mass is 243 g/mol. The van der Waals surface area contributed by atoms with E-state index in [4.69, 9.17) is 0 Å². The van der Waals surface area contributed by atoms with E-state index < -0.39 is 0 Å². The Morgan fingerprint density at radius 3 is 2.67 bits per heavy atom. The minimum absolute atomic E-state index is 0.316. The van der Waals surface area contributed by atoms with Crippen LogP contribution in [0.1, 0.15) is 40.5 Å². The third kappa shape index (κ3) is 4.06. The van der Waals surface area contributed by atoms with Crippen LogP contribution < -0.4 is 5.32 Å². The van der Waals surface area contributed by atoms with Crippen molar-refractivity contribution in [3.05, 3.63) is 59.4 Å². The van der Waals surface area contributed by atoms with Crippen LogP contribution in [0.5, 0.6) is 0 Å². The van der Waals surface area contributed by atoms with Gasteiger partial charge in [-0.25, -0.2) is 0 Å². The van der Waals surface area contributed by atoms with Gasteiger partial charge in [0.05, 0.1) is 0 Å². The first-order chi connectivity index (χ1) is 8.58. The number of hydrogen-bond acceptors (Lipinski definition) is 1. The van der Waals surface area contributed by atoms with Gasteiger partial charge in [-0.15, -0.1) is 0 Å².